The molecule has 1 fully saturated rings. The summed E-state index contributed by atoms with van der Waals surface area (Å²) in [5.41, 5.74) is -0.639. The SMILES string of the molecule is O=C(O)[C@@H]1CSC(c2ccccc2C(F)(F)F)N1. The topological polar surface area (TPSA) is 49.3 Å². The Morgan fingerprint density at radius 1 is 1.39 bits per heavy atom. The second-order valence-electron chi connectivity index (χ2n) is 3.86. The molecule has 0 spiro atoms. The zero-order valence-electron chi connectivity index (χ0n) is 9.07. The van der Waals surface area contributed by atoms with E-state index in [0.717, 1.165) is 6.07 Å². The van der Waals surface area contributed by atoms with Crippen LogP contribution in [-0.2, 0) is 11.0 Å². The number of hydrogen-bond acceptors (Lipinski definition) is 3. The van der Waals surface area contributed by atoms with E-state index in [1.54, 1.807) is 0 Å². The van der Waals surface area contributed by atoms with Crippen LogP contribution in [0.25, 0.3) is 0 Å². The molecular weight excluding hydrogens is 267 g/mol. The first-order valence-corrected chi connectivity index (χ1v) is 6.21. The van der Waals surface area contributed by atoms with Gasteiger partial charge in [-0.25, -0.2) is 0 Å². The number of carboxylic acid groups (broad SMARTS) is 1. The molecule has 3 nitrogen and oxygen atoms in total. The molecule has 0 saturated carbocycles. The standard InChI is InChI=1S/C11H10F3NO2S/c12-11(13,14)7-4-2-1-3-6(7)9-15-8(5-18-9)10(16)17/h1-4,8-9,15H,5H2,(H,16,17)/t8-,9?/m0/s1. The van der Waals surface area contributed by atoms with Crippen molar-refractivity contribution in [2.75, 3.05) is 5.75 Å². The molecule has 18 heavy (non-hydrogen) atoms. The lowest BCUT2D eigenvalue weighted by atomic mass is 10.1. The highest BCUT2D eigenvalue weighted by molar-refractivity contribution is 7.99. The molecule has 0 bridgehead atoms. The van der Waals surface area contributed by atoms with Crippen LogP contribution >= 0.6 is 11.8 Å². The number of carbonyl (C=O) groups is 1. The van der Waals surface area contributed by atoms with Crippen molar-refractivity contribution in [2.24, 2.45) is 0 Å². The first-order chi connectivity index (χ1) is 8.39. The number of benzene rings is 1. The maximum Gasteiger partial charge on any atom is 0.416 e. The summed E-state index contributed by atoms with van der Waals surface area (Å²) in [7, 11) is 0. The Balaban J connectivity index is 2.27. The van der Waals surface area contributed by atoms with E-state index in [2.05, 4.69) is 5.32 Å². The van der Waals surface area contributed by atoms with Crippen LogP contribution in [0.1, 0.15) is 16.5 Å². The Bertz CT molecular complexity index is 464. The fraction of sp³-hybridized carbons (Fsp3) is 0.364. The van der Waals surface area contributed by atoms with Gasteiger partial charge in [0.1, 0.15) is 6.04 Å². The minimum atomic E-state index is -4.43. The highest BCUT2D eigenvalue weighted by Crippen LogP contribution is 2.40. The quantitative estimate of drug-likeness (QED) is 0.872. The van der Waals surface area contributed by atoms with Crippen LogP contribution in [0.3, 0.4) is 0 Å². The van der Waals surface area contributed by atoms with E-state index in [1.807, 2.05) is 0 Å². The molecule has 1 aromatic carbocycles. The molecule has 7 heteroatoms. The van der Waals surface area contributed by atoms with Crippen molar-refractivity contribution in [2.45, 2.75) is 17.6 Å². The highest BCUT2D eigenvalue weighted by Gasteiger charge is 2.38. The number of alkyl halides is 3. The Morgan fingerprint density at radius 3 is 2.61 bits per heavy atom. The van der Waals surface area contributed by atoms with Gasteiger partial charge >= 0.3 is 12.1 Å². The molecule has 1 aliphatic rings. The maximum atomic E-state index is 12.8. The largest absolute Gasteiger partial charge is 0.480 e. The van der Waals surface area contributed by atoms with Gasteiger partial charge in [0, 0.05) is 5.75 Å². The van der Waals surface area contributed by atoms with Gasteiger partial charge in [0.05, 0.1) is 10.9 Å². The molecule has 1 saturated heterocycles. The van der Waals surface area contributed by atoms with E-state index < -0.39 is 29.1 Å². The third-order valence-electron chi connectivity index (χ3n) is 2.63. The van der Waals surface area contributed by atoms with Gasteiger partial charge in [-0.05, 0) is 11.6 Å². The van der Waals surface area contributed by atoms with Gasteiger partial charge < -0.3 is 5.11 Å². The van der Waals surface area contributed by atoms with Crippen LogP contribution < -0.4 is 5.32 Å². The van der Waals surface area contributed by atoms with Crippen molar-refractivity contribution in [1.82, 2.24) is 5.32 Å². The van der Waals surface area contributed by atoms with E-state index in [4.69, 9.17) is 5.11 Å². The number of nitrogens with one attached hydrogen (secondary N) is 1. The predicted octanol–water partition coefficient (Wildman–Crippen LogP) is 2.49. The third-order valence-corrected chi connectivity index (χ3v) is 3.88. The average Bonchev–Trinajstić information content (AvgIpc) is 2.77. The molecule has 1 unspecified atom stereocenters. The first-order valence-electron chi connectivity index (χ1n) is 5.16. The summed E-state index contributed by atoms with van der Waals surface area (Å²) in [4.78, 5) is 10.8. The summed E-state index contributed by atoms with van der Waals surface area (Å²) in [6, 6.07) is 4.41. The number of rotatable bonds is 2. The van der Waals surface area contributed by atoms with Crippen LogP contribution in [0.5, 0.6) is 0 Å². The van der Waals surface area contributed by atoms with Gasteiger partial charge in [-0.1, -0.05) is 18.2 Å². The molecule has 0 amide bonds. The average molecular weight is 277 g/mol. The molecule has 0 aromatic heterocycles. The maximum absolute atomic E-state index is 12.8. The predicted molar refractivity (Wildman–Crippen MR) is 61.2 cm³/mol. The van der Waals surface area contributed by atoms with Crippen molar-refractivity contribution < 1.29 is 23.1 Å². The summed E-state index contributed by atoms with van der Waals surface area (Å²) in [5, 5.41) is 10.9. The van der Waals surface area contributed by atoms with E-state index in [1.165, 1.54) is 30.0 Å². The van der Waals surface area contributed by atoms with Crippen molar-refractivity contribution in [3.63, 3.8) is 0 Å². The van der Waals surface area contributed by atoms with Crippen LogP contribution in [0, 0.1) is 0 Å². The summed E-state index contributed by atoms with van der Waals surface area (Å²) >= 11 is 1.17. The molecule has 1 aliphatic heterocycles. The molecule has 2 rings (SSSR count). The number of thioether (sulfide) groups is 1. The molecule has 0 aliphatic carbocycles. The number of hydrogen-bond donors (Lipinski definition) is 2. The van der Waals surface area contributed by atoms with Crippen molar-refractivity contribution in [3.8, 4) is 0 Å². The molecule has 1 heterocycles. The fourth-order valence-corrected chi connectivity index (χ4v) is 3.05. The van der Waals surface area contributed by atoms with Gasteiger partial charge in [-0.15, -0.1) is 11.8 Å². The lowest BCUT2D eigenvalue weighted by molar-refractivity contribution is -0.138. The van der Waals surface area contributed by atoms with Crippen LogP contribution in [-0.4, -0.2) is 22.9 Å². The van der Waals surface area contributed by atoms with Crippen LogP contribution in [0.2, 0.25) is 0 Å². The van der Waals surface area contributed by atoms with E-state index in [-0.39, 0.29) is 11.3 Å². The minimum absolute atomic E-state index is 0.0822. The van der Waals surface area contributed by atoms with Gasteiger partial charge in [-0.2, -0.15) is 13.2 Å². The Hall–Kier alpha value is -1.21. The molecule has 2 atom stereocenters. The Kier molecular flexibility index (Phi) is 3.54. The normalized spacial score (nSPS) is 24.2. The van der Waals surface area contributed by atoms with E-state index in [9.17, 15) is 18.0 Å². The van der Waals surface area contributed by atoms with Crippen molar-refractivity contribution >= 4 is 17.7 Å². The summed E-state index contributed by atoms with van der Waals surface area (Å²) < 4.78 is 38.4. The summed E-state index contributed by atoms with van der Waals surface area (Å²) in [6.45, 7) is 0. The van der Waals surface area contributed by atoms with Crippen molar-refractivity contribution in [3.05, 3.63) is 35.4 Å². The molecule has 0 radical (unpaired) electrons. The fourth-order valence-electron chi connectivity index (χ4n) is 1.78. The van der Waals surface area contributed by atoms with E-state index >= 15 is 0 Å². The second kappa shape index (κ2) is 4.81. The van der Waals surface area contributed by atoms with Gasteiger partial charge in [0.2, 0.25) is 0 Å². The number of aliphatic carboxylic acids is 1. The summed E-state index contributed by atoms with van der Waals surface area (Å²) in [6.07, 6.45) is -4.43. The minimum Gasteiger partial charge on any atom is -0.480 e. The van der Waals surface area contributed by atoms with Crippen LogP contribution in [0.15, 0.2) is 24.3 Å². The number of halogens is 3. The first kappa shape index (κ1) is 13.2. The molecule has 2 N–H and O–H groups in total. The lowest BCUT2D eigenvalue weighted by Crippen LogP contribution is -2.34. The lowest BCUT2D eigenvalue weighted by Gasteiger charge is -2.17. The monoisotopic (exact) mass is 277 g/mol. The number of carboxylic acids is 1. The second-order valence-corrected chi connectivity index (χ2v) is 4.99. The Morgan fingerprint density at radius 2 is 2.06 bits per heavy atom. The van der Waals surface area contributed by atoms with Crippen molar-refractivity contribution in [1.29, 1.82) is 0 Å². The van der Waals surface area contributed by atoms with Gasteiger partial charge in [0.25, 0.3) is 0 Å². The highest BCUT2D eigenvalue weighted by atomic mass is 32.2. The molecular formula is C11H10F3NO2S. The third kappa shape index (κ3) is 2.62. The van der Waals surface area contributed by atoms with Crippen LogP contribution in [0.4, 0.5) is 13.2 Å². The van der Waals surface area contributed by atoms with Gasteiger partial charge in [-0.3, -0.25) is 10.1 Å². The van der Waals surface area contributed by atoms with Gasteiger partial charge in [0.15, 0.2) is 0 Å². The Labute approximate surface area is 105 Å². The molecule has 1 aromatic rings. The zero-order valence-corrected chi connectivity index (χ0v) is 9.89. The summed E-state index contributed by atoms with van der Waals surface area (Å²) in [5.74, 6) is -0.791. The zero-order chi connectivity index (χ0) is 13.3. The van der Waals surface area contributed by atoms with E-state index in [0.29, 0.717) is 0 Å². The molecule has 98 valence electrons. The smallest absolute Gasteiger partial charge is 0.416 e.